The molecule has 0 spiro atoms. The maximum absolute atomic E-state index is 14.8. The summed E-state index contributed by atoms with van der Waals surface area (Å²) < 4.78 is 16.2. The number of benzene rings is 2. The molecule has 0 saturated heterocycles. The van der Waals surface area contributed by atoms with Gasteiger partial charge in [-0.05, 0) is 35.9 Å². The van der Waals surface area contributed by atoms with Crippen LogP contribution in [0.15, 0.2) is 65.5 Å². The van der Waals surface area contributed by atoms with Crippen LogP contribution in [0.2, 0.25) is 5.02 Å². The summed E-state index contributed by atoms with van der Waals surface area (Å²) >= 11 is 5.95. The number of fused-ring (bicyclic) bond motifs is 1. The van der Waals surface area contributed by atoms with Gasteiger partial charge in [-0.2, -0.15) is 9.49 Å². The van der Waals surface area contributed by atoms with E-state index in [9.17, 15) is 9.18 Å². The maximum atomic E-state index is 14.8. The number of hydrogen-bond donors (Lipinski definition) is 0. The Labute approximate surface area is 172 Å². The Balaban J connectivity index is 1.91. The summed E-state index contributed by atoms with van der Waals surface area (Å²) in [6.07, 6.45) is 0. The minimum Gasteiger partial charge on any atom is -0.363 e. The monoisotopic (exact) mass is 408 g/mol. The summed E-state index contributed by atoms with van der Waals surface area (Å²) in [6.45, 7) is 0.249. The fourth-order valence-electron chi connectivity index (χ4n) is 3.15. The van der Waals surface area contributed by atoms with Gasteiger partial charge in [0.05, 0.1) is 17.5 Å². The van der Waals surface area contributed by atoms with Gasteiger partial charge in [-0.25, -0.2) is 9.67 Å². The van der Waals surface area contributed by atoms with Gasteiger partial charge in [-0.3, -0.25) is 4.79 Å². The third-order valence-electron chi connectivity index (χ3n) is 4.66. The predicted octanol–water partition coefficient (Wildman–Crippen LogP) is 4.37. The van der Waals surface area contributed by atoms with E-state index < -0.39 is 5.95 Å². The average molecular weight is 409 g/mol. The first-order chi connectivity index (χ1) is 13.9. The summed E-state index contributed by atoms with van der Waals surface area (Å²) in [4.78, 5) is 18.7. The molecule has 4 aromatic rings. The average Bonchev–Trinajstić information content (AvgIpc) is 2.72. The second kappa shape index (κ2) is 7.64. The minimum absolute atomic E-state index is 0.238. The lowest BCUT2D eigenvalue weighted by atomic mass is 10.1. The summed E-state index contributed by atoms with van der Waals surface area (Å²) in [7, 11) is 3.59. The first-order valence-electron chi connectivity index (χ1n) is 9.02. The lowest BCUT2D eigenvalue weighted by Crippen LogP contribution is -2.24. The zero-order valence-corrected chi connectivity index (χ0v) is 16.7. The Morgan fingerprint density at radius 2 is 1.69 bits per heavy atom. The summed E-state index contributed by atoms with van der Waals surface area (Å²) in [5, 5.41) is 6.18. The van der Waals surface area contributed by atoms with Crippen molar-refractivity contribution in [2.75, 3.05) is 19.0 Å². The standard InChI is InChI=1S/C22H18ClFN4O/c1-27(2)19-12-11-18(21(24)25-19)20-16-5-3-4-6-17(16)22(29)28(26-20)13-14-7-9-15(23)10-8-14/h3-12H,13H2,1-2H3. The molecule has 0 amide bonds. The van der Waals surface area contributed by atoms with Crippen LogP contribution >= 0.6 is 11.6 Å². The first kappa shape index (κ1) is 19.1. The Bertz CT molecular complexity index is 1250. The topological polar surface area (TPSA) is 51.0 Å². The van der Waals surface area contributed by atoms with Crippen LogP contribution in [0.1, 0.15) is 5.56 Å². The zero-order valence-electron chi connectivity index (χ0n) is 15.9. The molecule has 0 aliphatic carbocycles. The Morgan fingerprint density at radius 3 is 2.34 bits per heavy atom. The van der Waals surface area contributed by atoms with Crippen LogP contribution in [0.4, 0.5) is 10.2 Å². The fourth-order valence-corrected chi connectivity index (χ4v) is 3.28. The van der Waals surface area contributed by atoms with Gasteiger partial charge in [0, 0.05) is 24.5 Å². The van der Waals surface area contributed by atoms with Crippen LogP contribution in [0, 0.1) is 5.95 Å². The van der Waals surface area contributed by atoms with E-state index in [2.05, 4.69) is 10.1 Å². The molecule has 7 heteroatoms. The van der Waals surface area contributed by atoms with Gasteiger partial charge in [-0.15, -0.1) is 0 Å². The van der Waals surface area contributed by atoms with Crippen molar-refractivity contribution in [1.82, 2.24) is 14.8 Å². The Morgan fingerprint density at radius 1 is 1.00 bits per heavy atom. The molecule has 2 aromatic carbocycles. The van der Waals surface area contributed by atoms with Crippen LogP contribution in [0.25, 0.3) is 22.0 Å². The molecule has 0 radical (unpaired) electrons. The molecule has 0 saturated carbocycles. The predicted molar refractivity (Wildman–Crippen MR) is 114 cm³/mol. The van der Waals surface area contributed by atoms with Gasteiger partial charge in [0.2, 0.25) is 5.95 Å². The third kappa shape index (κ3) is 3.71. The summed E-state index contributed by atoms with van der Waals surface area (Å²) in [5.41, 5.74) is 1.26. The van der Waals surface area contributed by atoms with Crippen LogP contribution in [-0.4, -0.2) is 28.9 Å². The zero-order chi connectivity index (χ0) is 20.5. The molecular formula is C22H18ClFN4O. The molecule has 0 aliphatic heterocycles. The van der Waals surface area contributed by atoms with Crippen molar-refractivity contribution >= 4 is 28.2 Å². The molecule has 0 aliphatic rings. The minimum atomic E-state index is -0.634. The number of nitrogens with zero attached hydrogens (tertiary/aromatic N) is 4. The van der Waals surface area contributed by atoms with E-state index in [1.54, 1.807) is 67.5 Å². The van der Waals surface area contributed by atoms with E-state index >= 15 is 0 Å². The van der Waals surface area contributed by atoms with Gasteiger partial charge < -0.3 is 4.90 Å². The second-order valence-electron chi connectivity index (χ2n) is 6.89. The highest BCUT2D eigenvalue weighted by molar-refractivity contribution is 6.30. The number of anilines is 1. The van der Waals surface area contributed by atoms with E-state index in [0.717, 1.165) is 5.56 Å². The van der Waals surface area contributed by atoms with Gasteiger partial charge in [0.25, 0.3) is 5.56 Å². The molecule has 5 nitrogen and oxygen atoms in total. The van der Waals surface area contributed by atoms with Gasteiger partial charge in [0.15, 0.2) is 0 Å². The molecule has 2 heterocycles. The molecule has 2 aromatic heterocycles. The summed E-state index contributed by atoms with van der Waals surface area (Å²) in [5.74, 6) is -0.129. The van der Waals surface area contributed by atoms with Gasteiger partial charge >= 0.3 is 0 Å². The molecule has 4 rings (SSSR count). The largest absolute Gasteiger partial charge is 0.363 e. The first-order valence-corrected chi connectivity index (χ1v) is 9.40. The van der Waals surface area contributed by atoms with Crippen LogP contribution < -0.4 is 10.5 Å². The smallest absolute Gasteiger partial charge is 0.274 e. The highest BCUT2D eigenvalue weighted by atomic mass is 35.5. The second-order valence-corrected chi connectivity index (χ2v) is 7.32. The molecule has 29 heavy (non-hydrogen) atoms. The van der Waals surface area contributed by atoms with Gasteiger partial charge in [0.1, 0.15) is 11.5 Å². The third-order valence-corrected chi connectivity index (χ3v) is 4.91. The molecule has 0 atom stereocenters. The lowest BCUT2D eigenvalue weighted by molar-refractivity contribution is 0.584. The van der Waals surface area contributed by atoms with Crippen LogP contribution in [0.5, 0.6) is 0 Å². The molecule has 0 bridgehead atoms. The quantitative estimate of drug-likeness (QED) is 0.471. The summed E-state index contributed by atoms with van der Waals surface area (Å²) in [6, 6.07) is 17.6. The van der Waals surface area contributed by atoms with E-state index in [0.29, 0.717) is 27.3 Å². The highest BCUT2D eigenvalue weighted by Crippen LogP contribution is 2.27. The SMILES string of the molecule is CN(C)c1ccc(-c2nn(Cc3ccc(Cl)cc3)c(=O)c3ccccc23)c(F)n1. The van der Waals surface area contributed by atoms with Crippen LogP contribution in [-0.2, 0) is 6.54 Å². The van der Waals surface area contributed by atoms with Gasteiger partial charge in [-0.1, -0.05) is 41.9 Å². The van der Waals surface area contributed by atoms with Crippen LogP contribution in [0.3, 0.4) is 0 Å². The van der Waals surface area contributed by atoms with Crippen molar-refractivity contribution in [3.05, 3.63) is 87.6 Å². The number of pyridine rings is 1. The molecule has 0 fully saturated rings. The normalized spacial score (nSPS) is 11.0. The molecule has 146 valence electrons. The van der Waals surface area contributed by atoms with Crippen molar-refractivity contribution in [3.63, 3.8) is 0 Å². The fraction of sp³-hybridized carbons (Fsp3) is 0.136. The van der Waals surface area contributed by atoms with Crippen molar-refractivity contribution in [2.45, 2.75) is 6.54 Å². The van der Waals surface area contributed by atoms with E-state index in [1.807, 2.05) is 12.1 Å². The van der Waals surface area contributed by atoms with E-state index in [-0.39, 0.29) is 17.7 Å². The van der Waals surface area contributed by atoms with Crippen molar-refractivity contribution in [1.29, 1.82) is 0 Å². The number of hydrogen-bond acceptors (Lipinski definition) is 4. The van der Waals surface area contributed by atoms with E-state index in [1.165, 1.54) is 4.68 Å². The number of aromatic nitrogens is 3. The molecule has 0 unspecified atom stereocenters. The Hall–Kier alpha value is -3.25. The van der Waals surface area contributed by atoms with Crippen molar-refractivity contribution in [2.24, 2.45) is 0 Å². The number of halogens is 2. The number of rotatable bonds is 4. The highest BCUT2D eigenvalue weighted by Gasteiger charge is 2.17. The maximum Gasteiger partial charge on any atom is 0.274 e. The molecule has 0 N–H and O–H groups in total. The lowest BCUT2D eigenvalue weighted by Gasteiger charge is -2.14. The van der Waals surface area contributed by atoms with E-state index in [4.69, 9.17) is 11.6 Å². The van der Waals surface area contributed by atoms with Crippen molar-refractivity contribution < 1.29 is 4.39 Å². The Kier molecular flexibility index (Phi) is 5.03. The van der Waals surface area contributed by atoms with Crippen molar-refractivity contribution in [3.8, 4) is 11.3 Å². The molecular weight excluding hydrogens is 391 g/mol.